The summed E-state index contributed by atoms with van der Waals surface area (Å²) in [5.74, 6) is -1.71. The molecule has 3 aromatic rings. The lowest BCUT2D eigenvalue weighted by atomic mass is 10.1. The lowest BCUT2D eigenvalue weighted by Crippen LogP contribution is -2.22. The number of carbonyl (C=O) groups excluding carboxylic acids is 2. The lowest BCUT2D eigenvalue weighted by Gasteiger charge is -2.12. The van der Waals surface area contributed by atoms with Crippen molar-refractivity contribution in [2.45, 2.75) is 18.7 Å². The average molecular weight is 484 g/mol. The maximum Gasteiger partial charge on any atom is 0.338 e. The summed E-state index contributed by atoms with van der Waals surface area (Å²) in [4.78, 5) is 34.8. The predicted octanol–water partition coefficient (Wildman–Crippen LogP) is 3.81. The van der Waals surface area contributed by atoms with Gasteiger partial charge in [-0.05, 0) is 49.7 Å². The number of esters is 1. The number of para-hydroxylation sites is 2. The quantitative estimate of drug-likeness (QED) is 0.281. The maximum atomic E-state index is 12.9. The summed E-state index contributed by atoms with van der Waals surface area (Å²) >= 11 is 0. The van der Waals surface area contributed by atoms with Crippen LogP contribution in [0.15, 0.2) is 71.6 Å². The van der Waals surface area contributed by atoms with Crippen LogP contribution >= 0.6 is 0 Å². The minimum atomic E-state index is -4.00. The van der Waals surface area contributed by atoms with E-state index in [0.29, 0.717) is 11.3 Å². The summed E-state index contributed by atoms with van der Waals surface area (Å²) in [6, 6.07) is 16.3. The lowest BCUT2D eigenvalue weighted by molar-refractivity contribution is -0.383. The van der Waals surface area contributed by atoms with Crippen molar-refractivity contribution < 1.29 is 27.7 Å². The first kappa shape index (κ1) is 24.4. The second-order valence-electron chi connectivity index (χ2n) is 7.35. The second kappa shape index (κ2) is 10.1. The van der Waals surface area contributed by atoms with Gasteiger partial charge in [0.2, 0.25) is 0 Å². The molecule has 2 N–H and O–H groups in total. The van der Waals surface area contributed by atoms with E-state index in [2.05, 4.69) is 10.0 Å². The van der Waals surface area contributed by atoms with E-state index in [1.165, 1.54) is 36.4 Å². The smallest absolute Gasteiger partial charge is 0.338 e. The molecule has 0 atom stereocenters. The zero-order valence-corrected chi connectivity index (χ0v) is 19.1. The molecular formula is C23H21N3O7S. The van der Waals surface area contributed by atoms with Crippen molar-refractivity contribution in [2.75, 3.05) is 16.6 Å². The van der Waals surface area contributed by atoms with E-state index in [0.717, 1.165) is 11.6 Å². The fraction of sp³-hybridized carbons (Fsp3) is 0.130. The Bertz CT molecular complexity index is 1350. The van der Waals surface area contributed by atoms with E-state index in [9.17, 15) is 28.1 Å². The third-order valence-electron chi connectivity index (χ3n) is 4.73. The molecule has 0 saturated heterocycles. The number of carbonyl (C=O) groups is 2. The molecule has 0 aliphatic rings. The van der Waals surface area contributed by atoms with Gasteiger partial charge in [0.05, 0.1) is 15.4 Å². The van der Waals surface area contributed by atoms with Gasteiger partial charge in [0.1, 0.15) is 5.69 Å². The Hall–Kier alpha value is -4.25. The topological polar surface area (TPSA) is 145 Å². The Morgan fingerprint density at radius 2 is 1.68 bits per heavy atom. The average Bonchev–Trinajstić information content (AvgIpc) is 2.79. The molecule has 10 nitrogen and oxygen atoms in total. The molecule has 0 heterocycles. The first-order valence-electron chi connectivity index (χ1n) is 9.97. The summed E-state index contributed by atoms with van der Waals surface area (Å²) in [7, 11) is -4.00. The van der Waals surface area contributed by atoms with Crippen molar-refractivity contribution in [3.8, 4) is 0 Å². The standard InChI is InChI=1S/C23H21N3O7S/c1-15-7-11-18(12-8-15)25-34(31,32)21-13-17(10-9-16(21)2)23(28)33-14-22(27)24-19-5-3-4-6-20(19)26(29)30/h3-13,25H,14H2,1-2H3,(H,24,27). The molecule has 11 heteroatoms. The number of amides is 1. The van der Waals surface area contributed by atoms with E-state index in [4.69, 9.17) is 4.74 Å². The van der Waals surface area contributed by atoms with E-state index < -0.39 is 33.4 Å². The minimum Gasteiger partial charge on any atom is -0.452 e. The van der Waals surface area contributed by atoms with Gasteiger partial charge in [-0.1, -0.05) is 35.9 Å². The fourth-order valence-corrected chi connectivity index (χ4v) is 4.32. The molecule has 176 valence electrons. The number of nitrogens with zero attached hydrogens (tertiary/aromatic N) is 1. The van der Waals surface area contributed by atoms with Crippen LogP contribution in [0.25, 0.3) is 0 Å². The van der Waals surface area contributed by atoms with Gasteiger partial charge in [0, 0.05) is 11.8 Å². The van der Waals surface area contributed by atoms with Crippen molar-refractivity contribution in [1.82, 2.24) is 0 Å². The Morgan fingerprint density at radius 1 is 1.00 bits per heavy atom. The van der Waals surface area contributed by atoms with Crippen LogP contribution in [0.1, 0.15) is 21.5 Å². The number of ether oxygens (including phenoxy) is 1. The van der Waals surface area contributed by atoms with Crippen LogP contribution in [0.4, 0.5) is 17.1 Å². The summed E-state index contributed by atoms with van der Waals surface area (Å²) in [6.07, 6.45) is 0. The number of nitro benzene ring substituents is 1. The normalized spacial score (nSPS) is 10.9. The molecule has 0 aliphatic heterocycles. The number of aryl methyl sites for hydroxylation is 2. The highest BCUT2D eigenvalue weighted by atomic mass is 32.2. The number of nitro groups is 1. The zero-order chi connectivity index (χ0) is 24.9. The zero-order valence-electron chi connectivity index (χ0n) is 18.3. The van der Waals surface area contributed by atoms with Crippen LogP contribution in [0.5, 0.6) is 0 Å². The Labute approximate surface area is 195 Å². The molecule has 0 spiro atoms. The van der Waals surface area contributed by atoms with Gasteiger partial charge in [-0.2, -0.15) is 0 Å². The maximum absolute atomic E-state index is 12.9. The van der Waals surface area contributed by atoms with Crippen LogP contribution < -0.4 is 10.0 Å². The summed E-state index contributed by atoms with van der Waals surface area (Å²) in [5, 5.41) is 13.4. The van der Waals surface area contributed by atoms with Crippen molar-refractivity contribution in [1.29, 1.82) is 0 Å². The molecule has 0 unspecified atom stereocenters. The van der Waals surface area contributed by atoms with Gasteiger partial charge in [-0.15, -0.1) is 0 Å². The summed E-state index contributed by atoms with van der Waals surface area (Å²) < 4.78 is 33.1. The second-order valence-corrected chi connectivity index (χ2v) is 9.00. The number of rotatable bonds is 8. The Balaban J connectivity index is 1.70. The SMILES string of the molecule is Cc1ccc(NS(=O)(=O)c2cc(C(=O)OCC(=O)Nc3ccccc3[N+](=O)[O-])ccc2C)cc1. The highest BCUT2D eigenvalue weighted by molar-refractivity contribution is 7.92. The van der Waals surface area contributed by atoms with E-state index >= 15 is 0 Å². The molecule has 0 aromatic heterocycles. The molecule has 34 heavy (non-hydrogen) atoms. The van der Waals surface area contributed by atoms with Crippen molar-refractivity contribution in [3.63, 3.8) is 0 Å². The van der Waals surface area contributed by atoms with Gasteiger partial charge >= 0.3 is 5.97 Å². The first-order valence-corrected chi connectivity index (χ1v) is 11.5. The molecule has 3 rings (SSSR count). The van der Waals surface area contributed by atoms with Gasteiger partial charge in [-0.25, -0.2) is 13.2 Å². The Morgan fingerprint density at radius 3 is 2.35 bits per heavy atom. The summed E-state index contributed by atoms with van der Waals surface area (Å²) in [5.41, 5.74) is 1.31. The fourth-order valence-electron chi connectivity index (χ4n) is 2.99. The van der Waals surface area contributed by atoms with Crippen molar-refractivity contribution in [2.24, 2.45) is 0 Å². The van der Waals surface area contributed by atoms with Gasteiger partial charge < -0.3 is 10.1 Å². The number of hydrogen-bond acceptors (Lipinski definition) is 7. The van der Waals surface area contributed by atoms with E-state index in [1.54, 1.807) is 31.2 Å². The third kappa shape index (κ3) is 5.95. The van der Waals surface area contributed by atoms with E-state index in [-0.39, 0.29) is 21.8 Å². The number of benzene rings is 3. The molecule has 0 aliphatic carbocycles. The predicted molar refractivity (Wildman–Crippen MR) is 125 cm³/mol. The number of anilines is 2. The number of sulfonamides is 1. The number of nitrogens with one attached hydrogen (secondary N) is 2. The molecule has 0 fully saturated rings. The Kier molecular flexibility index (Phi) is 7.27. The molecule has 3 aromatic carbocycles. The van der Waals surface area contributed by atoms with Gasteiger partial charge in [-0.3, -0.25) is 19.6 Å². The van der Waals surface area contributed by atoms with Gasteiger partial charge in [0.25, 0.3) is 21.6 Å². The van der Waals surface area contributed by atoms with Crippen molar-refractivity contribution >= 4 is 39.0 Å². The monoisotopic (exact) mass is 483 g/mol. The van der Waals surface area contributed by atoms with Crippen LogP contribution in [-0.2, 0) is 19.6 Å². The van der Waals surface area contributed by atoms with Crippen LogP contribution in [0.3, 0.4) is 0 Å². The van der Waals surface area contributed by atoms with Crippen LogP contribution in [-0.4, -0.2) is 31.8 Å². The highest BCUT2D eigenvalue weighted by Gasteiger charge is 2.21. The molecule has 1 amide bonds. The highest BCUT2D eigenvalue weighted by Crippen LogP contribution is 2.24. The van der Waals surface area contributed by atoms with E-state index in [1.807, 2.05) is 6.92 Å². The summed E-state index contributed by atoms with van der Waals surface area (Å²) in [6.45, 7) is 2.74. The number of hydrogen-bond donors (Lipinski definition) is 2. The van der Waals surface area contributed by atoms with Crippen LogP contribution in [0.2, 0.25) is 0 Å². The largest absolute Gasteiger partial charge is 0.452 e. The molecule has 0 radical (unpaired) electrons. The van der Waals surface area contributed by atoms with Crippen LogP contribution in [0, 0.1) is 24.0 Å². The third-order valence-corrected chi connectivity index (χ3v) is 6.25. The van der Waals surface area contributed by atoms with Crippen molar-refractivity contribution in [3.05, 3.63) is 93.5 Å². The van der Waals surface area contributed by atoms with Gasteiger partial charge in [0.15, 0.2) is 6.61 Å². The molecule has 0 saturated carbocycles. The minimum absolute atomic E-state index is 0.0422. The molecular weight excluding hydrogens is 462 g/mol. The molecule has 0 bridgehead atoms. The first-order chi connectivity index (χ1) is 16.1.